The highest BCUT2D eigenvalue weighted by Gasteiger charge is 2.45. The minimum atomic E-state index is -0.836. The molecule has 0 aromatic heterocycles. The van der Waals surface area contributed by atoms with E-state index in [9.17, 15) is 14.9 Å². The van der Waals surface area contributed by atoms with E-state index in [2.05, 4.69) is 0 Å². The van der Waals surface area contributed by atoms with Crippen molar-refractivity contribution in [3.8, 4) is 5.75 Å². The molecule has 2 rings (SSSR count). The minimum Gasteiger partial charge on any atom is -0.492 e. The highest BCUT2D eigenvalue weighted by molar-refractivity contribution is 5.68. The first-order valence-corrected chi connectivity index (χ1v) is 6.02. The Morgan fingerprint density at radius 1 is 1.53 bits per heavy atom. The van der Waals surface area contributed by atoms with Crippen LogP contribution in [0.3, 0.4) is 0 Å². The Morgan fingerprint density at radius 3 is 2.74 bits per heavy atom. The molecule has 0 radical (unpaired) electrons. The average Bonchev–Trinajstić information content (AvgIpc) is 3.07. The summed E-state index contributed by atoms with van der Waals surface area (Å²) in [4.78, 5) is 21.0. The second kappa shape index (κ2) is 4.87. The Labute approximate surface area is 110 Å². The van der Waals surface area contributed by atoms with Crippen molar-refractivity contribution >= 4 is 11.7 Å². The lowest BCUT2D eigenvalue weighted by Gasteiger charge is -2.15. The van der Waals surface area contributed by atoms with Crippen LogP contribution in [0.2, 0.25) is 0 Å². The van der Waals surface area contributed by atoms with Crippen LogP contribution in [-0.2, 0) is 4.79 Å². The van der Waals surface area contributed by atoms with Gasteiger partial charge in [-0.25, -0.2) is 0 Å². The van der Waals surface area contributed by atoms with Crippen molar-refractivity contribution in [1.82, 2.24) is 0 Å². The lowest BCUT2D eigenvalue weighted by atomic mass is 10.0. The normalized spacial score (nSPS) is 15.8. The largest absolute Gasteiger partial charge is 0.492 e. The van der Waals surface area contributed by atoms with Crippen molar-refractivity contribution in [3.63, 3.8) is 0 Å². The van der Waals surface area contributed by atoms with E-state index in [1.54, 1.807) is 13.0 Å². The van der Waals surface area contributed by atoms with Crippen molar-refractivity contribution in [3.05, 3.63) is 33.9 Å². The summed E-state index contributed by atoms with van der Waals surface area (Å²) in [5.41, 5.74) is 0.489. The highest BCUT2D eigenvalue weighted by atomic mass is 16.6. The Kier molecular flexibility index (Phi) is 3.42. The van der Waals surface area contributed by atoms with Gasteiger partial charge in [-0.05, 0) is 31.4 Å². The van der Waals surface area contributed by atoms with E-state index in [-0.39, 0.29) is 17.5 Å². The van der Waals surface area contributed by atoms with E-state index < -0.39 is 10.9 Å². The lowest BCUT2D eigenvalue weighted by molar-refractivity contribution is -0.385. The first kappa shape index (κ1) is 13.3. The third-order valence-corrected chi connectivity index (χ3v) is 3.40. The number of nitro groups is 1. The van der Waals surface area contributed by atoms with Crippen molar-refractivity contribution in [2.24, 2.45) is 5.41 Å². The van der Waals surface area contributed by atoms with Crippen LogP contribution in [0.15, 0.2) is 18.2 Å². The van der Waals surface area contributed by atoms with Crippen LogP contribution in [0.4, 0.5) is 5.69 Å². The summed E-state index contributed by atoms with van der Waals surface area (Å²) in [7, 11) is 0. The fourth-order valence-electron chi connectivity index (χ4n) is 1.96. The van der Waals surface area contributed by atoms with Gasteiger partial charge in [-0.3, -0.25) is 14.9 Å². The molecule has 0 heterocycles. The summed E-state index contributed by atoms with van der Waals surface area (Å²) in [6.07, 6.45) is 1.74. The molecule has 1 aliphatic rings. The van der Waals surface area contributed by atoms with Gasteiger partial charge in [0.05, 0.1) is 24.0 Å². The Bertz CT molecular complexity index is 522. The van der Waals surface area contributed by atoms with E-state index in [0.29, 0.717) is 12.4 Å². The zero-order valence-electron chi connectivity index (χ0n) is 10.6. The summed E-state index contributed by atoms with van der Waals surface area (Å²) in [5, 5.41) is 19.5. The van der Waals surface area contributed by atoms with Gasteiger partial charge < -0.3 is 9.84 Å². The van der Waals surface area contributed by atoms with Crippen molar-refractivity contribution in [1.29, 1.82) is 0 Å². The van der Waals surface area contributed by atoms with Gasteiger partial charge in [-0.1, -0.05) is 0 Å². The number of aryl methyl sites for hydroxylation is 1. The van der Waals surface area contributed by atoms with Crippen LogP contribution in [0.1, 0.15) is 24.8 Å². The maximum atomic E-state index is 10.7. The Hall–Kier alpha value is -2.11. The molecule has 0 unspecified atom stereocenters. The molecular weight excluding hydrogens is 250 g/mol. The van der Waals surface area contributed by atoms with Crippen molar-refractivity contribution < 1.29 is 19.6 Å². The average molecular weight is 265 g/mol. The van der Waals surface area contributed by atoms with Crippen LogP contribution in [0, 0.1) is 22.5 Å². The molecule has 6 heteroatoms. The molecular formula is C13H15NO5. The van der Waals surface area contributed by atoms with E-state index >= 15 is 0 Å². The number of carboxylic acid groups (broad SMARTS) is 1. The lowest BCUT2D eigenvalue weighted by Crippen LogP contribution is -2.17. The second-order valence-corrected chi connectivity index (χ2v) is 5.07. The number of carboxylic acids is 1. The quantitative estimate of drug-likeness (QED) is 0.630. The third kappa shape index (κ3) is 3.21. The monoisotopic (exact) mass is 265 g/mol. The number of carbonyl (C=O) groups is 1. The zero-order chi connectivity index (χ0) is 14.0. The molecule has 0 saturated heterocycles. The predicted octanol–water partition coefficient (Wildman–Crippen LogP) is 2.54. The van der Waals surface area contributed by atoms with Crippen LogP contribution >= 0.6 is 0 Å². The summed E-state index contributed by atoms with van der Waals surface area (Å²) < 4.78 is 5.59. The number of hydrogen-bond donors (Lipinski definition) is 1. The maximum Gasteiger partial charge on any atom is 0.304 e. The standard InChI is InChI=1S/C13H15NO5/c1-9-2-3-10(14(17)18)6-11(9)19-8-13(4-5-13)7-12(15)16/h2-3,6H,4-5,7-8H2,1H3,(H,15,16). The minimum absolute atomic E-state index is 0.0244. The van der Waals surface area contributed by atoms with Gasteiger partial charge in [-0.2, -0.15) is 0 Å². The third-order valence-electron chi connectivity index (χ3n) is 3.40. The zero-order valence-corrected chi connectivity index (χ0v) is 10.6. The number of aliphatic carboxylic acids is 1. The van der Waals surface area contributed by atoms with Crippen LogP contribution in [-0.4, -0.2) is 22.6 Å². The molecule has 0 spiro atoms. The Morgan fingerprint density at radius 2 is 2.21 bits per heavy atom. The number of benzene rings is 1. The number of nitro benzene ring substituents is 1. The maximum absolute atomic E-state index is 10.7. The smallest absolute Gasteiger partial charge is 0.304 e. The highest BCUT2D eigenvalue weighted by Crippen LogP contribution is 2.49. The molecule has 6 nitrogen and oxygen atoms in total. The first-order chi connectivity index (χ1) is 8.92. The van der Waals surface area contributed by atoms with Crippen LogP contribution in [0.5, 0.6) is 5.75 Å². The number of non-ortho nitro benzene ring substituents is 1. The van der Waals surface area contributed by atoms with Gasteiger partial charge in [0.2, 0.25) is 0 Å². The van der Waals surface area contributed by atoms with Gasteiger partial charge in [0.1, 0.15) is 5.75 Å². The summed E-state index contributed by atoms with van der Waals surface area (Å²) >= 11 is 0. The number of hydrogen-bond acceptors (Lipinski definition) is 4. The van der Waals surface area contributed by atoms with Crippen molar-refractivity contribution in [2.75, 3.05) is 6.61 Å². The molecule has 0 amide bonds. The fourth-order valence-corrected chi connectivity index (χ4v) is 1.96. The number of rotatable bonds is 6. The molecule has 0 bridgehead atoms. The molecule has 0 aliphatic heterocycles. The van der Waals surface area contributed by atoms with E-state index in [0.717, 1.165) is 18.4 Å². The van der Waals surface area contributed by atoms with Gasteiger partial charge in [0, 0.05) is 11.5 Å². The van der Waals surface area contributed by atoms with Crippen molar-refractivity contribution in [2.45, 2.75) is 26.2 Å². The molecule has 19 heavy (non-hydrogen) atoms. The summed E-state index contributed by atoms with van der Waals surface area (Å²) in [5.74, 6) is -0.386. The SMILES string of the molecule is Cc1ccc([N+](=O)[O-])cc1OCC1(CC(=O)O)CC1. The van der Waals surface area contributed by atoms with Gasteiger partial charge >= 0.3 is 5.97 Å². The first-order valence-electron chi connectivity index (χ1n) is 6.02. The number of nitrogens with zero attached hydrogens (tertiary/aromatic N) is 1. The molecule has 1 saturated carbocycles. The van der Waals surface area contributed by atoms with Crippen LogP contribution < -0.4 is 4.74 Å². The van der Waals surface area contributed by atoms with Gasteiger partial charge in [-0.15, -0.1) is 0 Å². The molecule has 1 aromatic carbocycles. The molecule has 1 fully saturated rings. The summed E-state index contributed by atoms with van der Waals surface area (Å²) in [6, 6.07) is 4.43. The number of ether oxygens (including phenoxy) is 1. The Balaban J connectivity index is 2.05. The fraction of sp³-hybridized carbons (Fsp3) is 0.462. The van der Waals surface area contributed by atoms with E-state index in [1.807, 2.05) is 0 Å². The topological polar surface area (TPSA) is 89.7 Å². The molecule has 102 valence electrons. The second-order valence-electron chi connectivity index (χ2n) is 5.07. The van der Waals surface area contributed by atoms with Gasteiger partial charge in [0.15, 0.2) is 0 Å². The molecule has 0 atom stereocenters. The van der Waals surface area contributed by atoms with E-state index in [1.165, 1.54) is 12.1 Å². The van der Waals surface area contributed by atoms with Gasteiger partial charge in [0.25, 0.3) is 5.69 Å². The molecule has 1 aromatic rings. The molecule has 1 N–H and O–H groups in total. The molecule has 1 aliphatic carbocycles. The summed E-state index contributed by atoms with van der Waals surface area (Å²) in [6.45, 7) is 2.09. The van der Waals surface area contributed by atoms with E-state index in [4.69, 9.17) is 9.84 Å². The predicted molar refractivity (Wildman–Crippen MR) is 67.2 cm³/mol. The van der Waals surface area contributed by atoms with Crippen LogP contribution in [0.25, 0.3) is 0 Å².